The second-order valence-electron chi connectivity index (χ2n) is 10.3. The molecular weight excluding hydrogens is 599 g/mol. The Kier molecular flexibility index (Phi) is 8.62. The first-order chi connectivity index (χ1) is 21.4. The SMILES string of the molecule is C=C/C=C1/CNC(=O)c2c(nc(-c3cc(N)c(F)c(C)c3C(F)(F)F)c(F)c2NCc2cc3ccncn3n2)O[C@@H](C)CCN1. The summed E-state index contributed by atoms with van der Waals surface area (Å²) >= 11 is 0. The van der Waals surface area contributed by atoms with E-state index in [1.807, 2.05) is 0 Å². The number of fused-ring (bicyclic) bond motifs is 2. The van der Waals surface area contributed by atoms with Crippen LogP contribution in [0, 0.1) is 18.6 Å². The number of hydrogen-bond acceptors (Lipinski definition) is 8. The van der Waals surface area contributed by atoms with E-state index in [9.17, 15) is 22.4 Å². The molecule has 0 unspecified atom stereocenters. The summed E-state index contributed by atoms with van der Waals surface area (Å²) in [7, 11) is 0. The van der Waals surface area contributed by atoms with Crippen molar-refractivity contribution in [1.29, 1.82) is 0 Å². The van der Waals surface area contributed by atoms with Gasteiger partial charge in [-0.25, -0.2) is 23.3 Å². The molecule has 1 aliphatic rings. The van der Waals surface area contributed by atoms with Crippen LogP contribution >= 0.6 is 0 Å². The molecule has 5 rings (SSSR count). The van der Waals surface area contributed by atoms with E-state index in [1.165, 1.54) is 16.9 Å². The molecule has 1 atom stereocenters. The number of nitrogens with two attached hydrogens (primary N) is 1. The maximum Gasteiger partial charge on any atom is 0.417 e. The molecule has 15 heteroatoms. The zero-order valence-electron chi connectivity index (χ0n) is 24.2. The Balaban J connectivity index is 1.73. The van der Waals surface area contributed by atoms with Crippen molar-refractivity contribution in [2.24, 2.45) is 0 Å². The molecule has 236 valence electrons. The highest BCUT2D eigenvalue weighted by Crippen LogP contribution is 2.44. The van der Waals surface area contributed by atoms with Gasteiger partial charge in [0.2, 0.25) is 5.88 Å². The van der Waals surface area contributed by atoms with Gasteiger partial charge in [-0.1, -0.05) is 12.7 Å². The molecule has 0 radical (unpaired) electrons. The first-order valence-corrected chi connectivity index (χ1v) is 13.8. The molecule has 5 N–H and O–H groups in total. The number of nitrogens with zero attached hydrogens (tertiary/aromatic N) is 4. The van der Waals surface area contributed by atoms with Gasteiger partial charge in [0.05, 0.1) is 47.3 Å². The van der Waals surface area contributed by atoms with Crippen LogP contribution in [0.5, 0.6) is 5.88 Å². The van der Waals surface area contributed by atoms with Crippen molar-refractivity contribution in [1.82, 2.24) is 30.2 Å². The summed E-state index contributed by atoms with van der Waals surface area (Å²) in [4.78, 5) is 21.8. The van der Waals surface area contributed by atoms with Gasteiger partial charge >= 0.3 is 6.18 Å². The monoisotopic (exact) mass is 628 g/mol. The van der Waals surface area contributed by atoms with E-state index in [0.29, 0.717) is 35.9 Å². The standard InChI is InChI=1S/C30H29F5N8O2/c1-4-5-17-12-40-28(44)22-27(39-13-18-10-19-7-8-37-14-43(19)42-18)25(32)26(41-29(22)45-15(2)6-9-38-17)20-11-21(36)24(31)16(3)23(20)30(33,34)35/h4-5,7-8,10-11,14-15,38H,1,6,9,12-13,36H2,2-3H3,(H,39,41)(H,40,44)/b17-5-/t15-/m0/s1. The third kappa shape index (κ3) is 6.37. The third-order valence-corrected chi connectivity index (χ3v) is 7.14. The molecule has 1 amide bonds. The van der Waals surface area contributed by atoms with Gasteiger partial charge in [-0.2, -0.15) is 18.3 Å². The van der Waals surface area contributed by atoms with Crippen molar-refractivity contribution >= 4 is 22.8 Å². The Bertz CT molecular complexity index is 1790. The van der Waals surface area contributed by atoms with E-state index in [2.05, 4.69) is 37.6 Å². The number of nitrogens with one attached hydrogen (secondary N) is 3. The fourth-order valence-corrected chi connectivity index (χ4v) is 4.99. The van der Waals surface area contributed by atoms with E-state index >= 15 is 4.39 Å². The number of hydrogen-bond donors (Lipinski definition) is 4. The van der Waals surface area contributed by atoms with E-state index in [1.54, 1.807) is 31.3 Å². The Hall–Kier alpha value is -5.21. The zero-order valence-corrected chi connectivity index (χ0v) is 24.2. The largest absolute Gasteiger partial charge is 0.474 e. The van der Waals surface area contributed by atoms with Crippen LogP contribution in [0.1, 0.15) is 40.5 Å². The van der Waals surface area contributed by atoms with Crippen molar-refractivity contribution in [2.45, 2.75) is 39.1 Å². The predicted molar refractivity (Wildman–Crippen MR) is 157 cm³/mol. The summed E-state index contributed by atoms with van der Waals surface area (Å²) in [6, 6.07) is 4.05. The Labute approximate surface area is 254 Å². The van der Waals surface area contributed by atoms with E-state index < -0.39 is 69.5 Å². The van der Waals surface area contributed by atoms with Crippen LogP contribution < -0.4 is 26.4 Å². The lowest BCUT2D eigenvalue weighted by atomic mass is 9.95. The average Bonchev–Trinajstić information content (AvgIpc) is 3.39. The van der Waals surface area contributed by atoms with E-state index in [-0.39, 0.29) is 18.7 Å². The van der Waals surface area contributed by atoms with Gasteiger partial charge in [0.15, 0.2) is 5.82 Å². The fourth-order valence-electron chi connectivity index (χ4n) is 4.99. The van der Waals surface area contributed by atoms with Gasteiger partial charge in [-0.15, -0.1) is 0 Å². The van der Waals surface area contributed by atoms with Crippen LogP contribution in [0.15, 0.2) is 55.2 Å². The number of carbonyl (C=O) groups is 1. The van der Waals surface area contributed by atoms with E-state index in [0.717, 1.165) is 6.92 Å². The van der Waals surface area contributed by atoms with Crippen molar-refractivity contribution in [2.75, 3.05) is 24.1 Å². The van der Waals surface area contributed by atoms with E-state index in [4.69, 9.17) is 10.5 Å². The number of alkyl halides is 3. The van der Waals surface area contributed by atoms with Crippen LogP contribution in [0.3, 0.4) is 0 Å². The molecule has 0 saturated carbocycles. The maximum absolute atomic E-state index is 16.6. The Morgan fingerprint density at radius 1 is 1.24 bits per heavy atom. The highest BCUT2D eigenvalue weighted by molar-refractivity contribution is 6.03. The summed E-state index contributed by atoms with van der Waals surface area (Å²) in [6.07, 6.45) is 0.847. The fraction of sp³-hybridized carbons (Fsp3) is 0.267. The van der Waals surface area contributed by atoms with Crippen LogP contribution in [-0.2, 0) is 12.7 Å². The average molecular weight is 629 g/mol. The number of rotatable bonds is 5. The number of aromatic nitrogens is 4. The third-order valence-electron chi connectivity index (χ3n) is 7.14. The summed E-state index contributed by atoms with van der Waals surface area (Å²) < 4.78 is 81.7. The lowest BCUT2D eigenvalue weighted by molar-refractivity contribution is -0.137. The topological polar surface area (TPSA) is 131 Å². The van der Waals surface area contributed by atoms with Gasteiger partial charge in [-0.3, -0.25) is 4.79 Å². The normalized spacial score (nSPS) is 16.7. The van der Waals surface area contributed by atoms with Gasteiger partial charge in [0.25, 0.3) is 5.91 Å². The minimum Gasteiger partial charge on any atom is -0.474 e. The minimum absolute atomic E-state index is 0.00711. The number of nitrogen functional groups attached to an aromatic ring is 1. The number of carbonyl (C=O) groups excluding carboxylic acids is 1. The van der Waals surface area contributed by atoms with Crippen molar-refractivity contribution < 1.29 is 31.5 Å². The molecule has 4 aromatic rings. The summed E-state index contributed by atoms with van der Waals surface area (Å²) in [5, 5.41) is 13.0. The van der Waals surface area contributed by atoms with Crippen LogP contribution in [0.2, 0.25) is 0 Å². The summed E-state index contributed by atoms with van der Waals surface area (Å²) in [5.74, 6) is -3.85. The highest BCUT2D eigenvalue weighted by Gasteiger charge is 2.39. The number of allylic oxidation sites excluding steroid dienone is 2. The van der Waals surface area contributed by atoms with Gasteiger partial charge < -0.3 is 26.4 Å². The number of pyridine rings is 1. The number of ether oxygens (including phenoxy) is 1. The molecule has 0 spiro atoms. The van der Waals surface area contributed by atoms with Crippen LogP contribution in [-0.4, -0.2) is 44.7 Å². The predicted octanol–water partition coefficient (Wildman–Crippen LogP) is 5.15. The quantitative estimate of drug-likeness (QED) is 0.176. The Morgan fingerprint density at radius 3 is 2.73 bits per heavy atom. The van der Waals surface area contributed by atoms with Crippen molar-refractivity contribution in [3.8, 4) is 17.1 Å². The molecular formula is C30H29F5N8O2. The molecule has 0 saturated heterocycles. The molecule has 1 aliphatic heterocycles. The zero-order chi connectivity index (χ0) is 32.5. The van der Waals surface area contributed by atoms with Gasteiger partial charge in [0, 0.05) is 30.4 Å². The molecule has 1 aromatic carbocycles. The van der Waals surface area contributed by atoms with Crippen molar-refractivity contribution in [3.63, 3.8) is 0 Å². The van der Waals surface area contributed by atoms with Crippen LogP contribution in [0.4, 0.5) is 33.3 Å². The Morgan fingerprint density at radius 2 is 2.02 bits per heavy atom. The molecule has 0 fully saturated rings. The van der Waals surface area contributed by atoms with Crippen LogP contribution in [0.25, 0.3) is 16.8 Å². The number of benzene rings is 1. The molecule has 0 aliphatic carbocycles. The lowest BCUT2D eigenvalue weighted by Crippen LogP contribution is -2.31. The second kappa shape index (κ2) is 12.4. The highest BCUT2D eigenvalue weighted by atomic mass is 19.4. The number of anilines is 2. The minimum atomic E-state index is -5.11. The van der Waals surface area contributed by atoms with Crippen molar-refractivity contribution in [3.05, 3.63) is 89.2 Å². The molecule has 10 nitrogen and oxygen atoms in total. The van der Waals surface area contributed by atoms with Gasteiger partial charge in [-0.05, 0) is 43.7 Å². The summed E-state index contributed by atoms with van der Waals surface area (Å²) in [6.45, 7) is 6.47. The molecule has 45 heavy (non-hydrogen) atoms. The summed E-state index contributed by atoms with van der Waals surface area (Å²) in [5.41, 5.74) is 1.94. The maximum atomic E-state index is 16.6. The smallest absolute Gasteiger partial charge is 0.417 e. The first-order valence-electron chi connectivity index (χ1n) is 13.8. The molecule has 4 heterocycles. The molecule has 3 aromatic heterocycles. The first kappa shape index (κ1) is 31.2. The lowest BCUT2D eigenvalue weighted by Gasteiger charge is -2.22. The second-order valence-corrected chi connectivity index (χ2v) is 10.3. The number of amides is 1. The molecule has 0 bridgehead atoms. The number of halogens is 5. The van der Waals surface area contributed by atoms with Gasteiger partial charge in [0.1, 0.15) is 23.4 Å².